The minimum Gasteiger partial charge on any atom is -0.475 e. The van der Waals surface area contributed by atoms with Crippen LogP contribution in [0.2, 0.25) is 0 Å². The molecule has 0 saturated carbocycles. The van der Waals surface area contributed by atoms with Crippen LogP contribution in [-0.4, -0.2) is 69.4 Å². The molecule has 0 spiro atoms. The molecule has 2 N–H and O–H groups in total. The topological polar surface area (TPSA) is 105 Å². The first-order valence-corrected chi connectivity index (χ1v) is 10.5. The van der Waals surface area contributed by atoms with Crippen molar-refractivity contribution >= 4 is 23.3 Å². The third-order valence-corrected chi connectivity index (χ3v) is 5.25. The van der Waals surface area contributed by atoms with Crippen molar-refractivity contribution in [3.63, 3.8) is 0 Å². The fraction of sp³-hybridized carbons (Fsp3) is 0.526. The predicted octanol–water partition coefficient (Wildman–Crippen LogP) is 3.98. The molecule has 0 bridgehead atoms. The molecular weight excluding hydrogens is 496 g/mol. The Morgan fingerprint density at radius 2 is 1.74 bits per heavy atom. The molecule has 2 aromatic rings. The second-order valence-electron chi connectivity index (χ2n) is 6.87. The summed E-state index contributed by atoms with van der Waals surface area (Å²) in [6.07, 6.45) is -8.13. The van der Waals surface area contributed by atoms with Crippen molar-refractivity contribution in [3.05, 3.63) is 39.8 Å². The average molecular weight is 519 g/mol. The van der Waals surface area contributed by atoms with Gasteiger partial charge in [0.2, 0.25) is 0 Å². The average Bonchev–Trinajstić information content (AvgIpc) is 3.37. The summed E-state index contributed by atoms with van der Waals surface area (Å²) in [5.41, 5.74) is 2.73. The highest BCUT2D eigenvalue weighted by molar-refractivity contribution is 7.09. The van der Waals surface area contributed by atoms with Gasteiger partial charge < -0.3 is 14.9 Å². The standard InChI is InChI=1S/C15H21N3OS.2C2HF3O2/c1-3-18-15-10-17(9-13-5-4-6-20-13)8-12(11-19-2)14(15)7-16-18;2*3-2(4,5)1(6)7/h4-7,12H,3,8-11H2,1-2H3;2*(H,6,7). The number of aromatic nitrogens is 2. The second-order valence-corrected chi connectivity index (χ2v) is 7.90. The maximum Gasteiger partial charge on any atom is 0.490 e. The van der Waals surface area contributed by atoms with Crippen molar-refractivity contribution in [2.45, 2.75) is 44.8 Å². The Balaban J connectivity index is 0.000000343. The number of halogens is 6. The van der Waals surface area contributed by atoms with E-state index in [-0.39, 0.29) is 0 Å². The minimum absolute atomic E-state index is 0.434. The molecule has 1 atom stereocenters. The SMILES string of the molecule is CCn1ncc2c1CN(Cc1cccs1)CC2COC.O=C(O)C(F)(F)F.O=C(O)C(F)(F)F. The number of hydrogen-bond donors (Lipinski definition) is 2. The number of nitrogens with zero attached hydrogens (tertiary/aromatic N) is 3. The van der Waals surface area contributed by atoms with Gasteiger partial charge in [0.25, 0.3) is 0 Å². The van der Waals surface area contributed by atoms with E-state index in [4.69, 9.17) is 24.5 Å². The third kappa shape index (κ3) is 9.30. The summed E-state index contributed by atoms with van der Waals surface area (Å²) >= 11 is 1.83. The molecule has 1 aliphatic heterocycles. The zero-order chi connectivity index (χ0) is 26.1. The zero-order valence-electron chi connectivity index (χ0n) is 18.1. The van der Waals surface area contributed by atoms with Gasteiger partial charge in [-0.25, -0.2) is 9.59 Å². The quantitative estimate of drug-likeness (QED) is 0.576. The van der Waals surface area contributed by atoms with Crippen molar-refractivity contribution < 1.29 is 50.9 Å². The molecule has 15 heteroatoms. The van der Waals surface area contributed by atoms with E-state index in [2.05, 4.69) is 39.1 Å². The molecule has 192 valence electrons. The van der Waals surface area contributed by atoms with Crippen molar-refractivity contribution in [1.82, 2.24) is 14.7 Å². The van der Waals surface area contributed by atoms with E-state index >= 15 is 0 Å². The van der Waals surface area contributed by atoms with E-state index in [1.807, 2.05) is 17.5 Å². The van der Waals surface area contributed by atoms with E-state index in [9.17, 15) is 26.3 Å². The molecule has 0 aromatic carbocycles. The second kappa shape index (κ2) is 12.7. The normalized spacial score (nSPS) is 15.9. The Kier molecular flexibility index (Phi) is 11.0. The van der Waals surface area contributed by atoms with Crippen LogP contribution in [0, 0.1) is 0 Å². The number of carboxylic acid groups (broad SMARTS) is 2. The Labute approximate surface area is 194 Å². The van der Waals surface area contributed by atoms with Crippen LogP contribution in [0.5, 0.6) is 0 Å². The number of thiophene rings is 1. The first-order valence-electron chi connectivity index (χ1n) is 9.59. The minimum atomic E-state index is -5.08. The molecule has 0 aliphatic carbocycles. The molecule has 1 aliphatic rings. The number of alkyl halides is 6. The van der Waals surface area contributed by atoms with Crippen molar-refractivity contribution in [1.29, 1.82) is 0 Å². The van der Waals surface area contributed by atoms with E-state index in [0.717, 1.165) is 32.8 Å². The number of aliphatic carboxylic acids is 2. The van der Waals surface area contributed by atoms with E-state index in [1.165, 1.54) is 16.1 Å². The lowest BCUT2D eigenvalue weighted by Crippen LogP contribution is -2.35. The number of fused-ring (bicyclic) bond motifs is 1. The molecule has 0 fully saturated rings. The summed E-state index contributed by atoms with van der Waals surface area (Å²) in [5.74, 6) is -5.08. The number of hydrogen-bond acceptors (Lipinski definition) is 6. The first-order chi connectivity index (χ1) is 15.7. The van der Waals surface area contributed by atoms with E-state index in [1.54, 1.807) is 7.11 Å². The molecular formula is C19H23F6N3O5S. The number of ether oxygens (including phenoxy) is 1. The molecule has 2 aromatic heterocycles. The molecule has 1 unspecified atom stereocenters. The number of rotatable bonds is 5. The lowest BCUT2D eigenvalue weighted by Gasteiger charge is -2.32. The van der Waals surface area contributed by atoms with Crippen LogP contribution in [0.25, 0.3) is 0 Å². The van der Waals surface area contributed by atoms with Gasteiger partial charge in [-0.2, -0.15) is 31.4 Å². The summed E-state index contributed by atoms with van der Waals surface area (Å²) in [4.78, 5) is 21.7. The van der Waals surface area contributed by atoms with Gasteiger partial charge in [0.1, 0.15) is 0 Å². The van der Waals surface area contributed by atoms with Crippen LogP contribution in [0.1, 0.15) is 29.0 Å². The molecule has 34 heavy (non-hydrogen) atoms. The molecule has 3 heterocycles. The smallest absolute Gasteiger partial charge is 0.475 e. The maximum absolute atomic E-state index is 10.6. The van der Waals surface area contributed by atoms with Gasteiger partial charge in [-0.15, -0.1) is 11.3 Å². The highest BCUT2D eigenvalue weighted by atomic mass is 32.1. The Morgan fingerprint density at radius 1 is 1.18 bits per heavy atom. The first kappa shape index (κ1) is 29.4. The van der Waals surface area contributed by atoms with Gasteiger partial charge in [-0.05, 0) is 18.4 Å². The van der Waals surface area contributed by atoms with E-state index < -0.39 is 24.3 Å². The largest absolute Gasteiger partial charge is 0.490 e. The van der Waals surface area contributed by atoms with Crippen LogP contribution >= 0.6 is 11.3 Å². The highest BCUT2D eigenvalue weighted by Gasteiger charge is 2.38. The van der Waals surface area contributed by atoms with Crippen LogP contribution in [0.4, 0.5) is 26.3 Å². The monoisotopic (exact) mass is 519 g/mol. The molecule has 3 rings (SSSR count). The summed E-state index contributed by atoms with van der Waals surface area (Å²) in [5, 5.41) is 20.9. The fourth-order valence-corrected chi connectivity index (χ4v) is 3.73. The van der Waals surface area contributed by atoms with E-state index in [0.29, 0.717) is 5.92 Å². The Bertz CT molecular complexity index is 891. The summed E-state index contributed by atoms with van der Waals surface area (Å²) < 4.78 is 71.0. The fourth-order valence-electron chi connectivity index (χ4n) is 2.98. The van der Waals surface area contributed by atoms with Crippen molar-refractivity contribution in [2.24, 2.45) is 0 Å². The molecule has 0 saturated heterocycles. The Hall–Kier alpha value is -2.65. The van der Waals surface area contributed by atoms with Crippen molar-refractivity contribution in [3.8, 4) is 0 Å². The van der Waals surface area contributed by atoms with Gasteiger partial charge in [0.05, 0.1) is 18.5 Å². The predicted molar refractivity (Wildman–Crippen MR) is 108 cm³/mol. The number of carboxylic acids is 2. The van der Waals surface area contributed by atoms with Crippen molar-refractivity contribution in [2.75, 3.05) is 20.3 Å². The summed E-state index contributed by atoms with van der Waals surface area (Å²) in [6.45, 7) is 6.91. The summed E-state index contributed by atoms with van der Waals surface area (Å²) in [7, 11) is 1.78. The molecule has 0 amide bonds. The van der Waals surface area contributed by atoms with Gasteiger partial charge in [-0.1, -0.05) is 6.07 Å². The third-order valence-electron chi connectivity index (χ3n) is 4.38. The molecule has 0 radical (unpaired) electrons. The number of methoxy groups -OCH3 is 1. The van der Waals surface area contributed by atoms with Crippen LogP contribution in [0.15, 0.2) is 23.7 Å². The number of carbonyl (C=O) groups is 2. The van der Waals surface area contributed by atoms with Crippen LogP contribution in [0.3, 0.4) is 0 Å². The highest BCUT2D eigenvalue weighted by Crippen LogP contribution is 2.30. The van der Waals surface area contributed by atoms with Crippen LogP contribution < -0.4 is 0 Å². The molecule has 8 nitrogen and oxygen atoms in total. The van der Waals surface area contributed by atoms with Gasteiger partial charge in [-0.3, -0.25) is 9.58 Å². The van der Waals surface area contributed by atoms with Crippen LogP contribution in [-0.2, 0) is 34.0 Å². The lowest BCUT2D eigenvalue weighted by molar-refractivity contribution is -0.193. The van der Waals surface area contributed by atoms with Gasteiger partial charge >= 0.3 is 24.3 Å². The zero-order valence-corrected chi connectivity index (χ0v) is 18.9. The number of aryl methyl sites for hydroxylation is 1. The summed E-state index contributed by atoms with van der Waals surface area (Å²) in [6, 6.07) is 4.33. The maximum atomic E-state index is 10.6. The van der Waals surface area contributed by atoms with Gasteiger partial charge in [0, 0.05) is 49.6 Å². The Morgan fingerprint density at radius 3 is 2.15 bits per heavy atom. The van der Waals surface area contributed by atoms with Gasteiger partial charge in [0.15, 0.2) is 0 Å². The lowest BCUT2D eigenvalue weighted by atomic mass is 9.95.